The molecule has 162 valence electrons. The van der Waals surface area contributed by atoms with Crippen molar-refractivity contribution in [3.8, 4) is 16.3 Å². The standard InChI is InChI=1S/C22H21ClFN3O3S/c1-12-9-26-22(31-12)15-5-14(6-18(7-15)30-17-3-4-29-11-17)21(28)27-13(2)20-19(23)8-16(24)10-25-20/h5-10,13,17H,3-4,11H2,1-2H3,(H,27,28)/t13?,17-/m0/s1. The Kier molecular flexibility index (Phi) is 6.50. The van der Waals surface area contributed by atoms with E-state index in [4.69, 9.17) is 21.1 Å². The number of nitrogens with zero attached hydrogens (tertiary/aromatic N) is 2. The molecule has 1 fully saturated rings. The minimum absolute atomic E-state index is 0.0506. The molecule has 31 heavy (non-hydrogen) atoms. The van der Waals surface area contributed by atoms with Crippen molar-refractivity contribution in [2.45, 2.75) is 32.4 Å². The summed E-state index contributed by atoms with van der Waals surface area (Å²) in [6.45, 7) is 4.90. The zero-order chi connectivity index (χ0) is 22.0. The summed E-state index contributed by atoms with van der Waals surface area (Å²) in [6.07, 6.45) is 3.62. The zero-order valence-electron chi connectivity index (χ0n) is 17.0. The number of hydrogen-bond acceptors (Lipinski definition) is 6. The first-order chi connectivity index (χ1) is 14.9. The van der Waals surface area contributed by atoms with Crippen LogP contribution in [0.25, 0.3) is 10.6 Å². The van der Waals surface area contributed by atoms with Crippen molar-refractivity contribution in [2.75, 3.05) is 13.2 Å². The fourth-order valence-corrected chi connectivity index (χ4v) is 4.37. The summed E-state index contributed by atoms with van der Waals surface area (Å²) in [4.78, 5) is 22.5. The van der Waals surface area contributed by atoms with Crippen LogP contribution in [-0.2, 0) is 4.74 Å². The Morgan fingerprint density at radius 3 is 2.84 bits per heavy atom. The second kappa shape index (κ2) is 9.30. The highest BCUT2D eigenvalue weighted by Crippen LogP contribution is 2.31. The lowest BCUT2D eigenvalue weighted by Crippen LogP contribution is -2.27. The van der Waals surface area contributed by atoms with Gasteiger partial charge in [-0.15, -0.1) is 11.3 Å². The average molecular weight is 462 g/mol. The van der Waals surface area contributed by atoms with Gasteiger partial charge in [0.25, 0.3) is 5.91 Å². The van der Waals surface area contributed by atoms with Gasteiger partial charge in [0.2, 0.25) is 0 Å². The van der Waals surface area contributed by atoms with Crippen LogP contribution < -0.4 is 10.1 Å². The molecule has 1 aliphatic rings. The Labute approximate surface area is 188 Å². The lowest BCUT2D eigenvalue weighted by atomic mass is 10.1. The van der Waals surface area contributed by atoms with E-state index in [2.05, 4.69) is 15.3 Å². The number of nitrogens with one attached hydrogen (secondary N) is 1. The maximum Gasteiger partial charge on any atom is 0.251 e. The molecule has 0 radical (unpaired) electrons. The lowest BCUT2D eigenvalue weighted by Gasteiger charge is -2.17. The number of ether oxygens (including phenoxy) is 2. The number of aromatic nitrogens is 2. The molecule has 0 aliphatic carbocycles. The second-order valence-electron chi connectivity index (χ2n) is 7.34. The van der Waals surface area contributed by atoms with Gasteiger partial charge < -0.3 is 14.8 Å². The topological polar surface area (TPSA) is 73.3 Å². The van der Waals surface area contributed by atoms with Crippen LogP contribution in [0.5, 0.6) is 5.75 Å². The summed E-state index contributed by atoms with van der Waals surface area (Å²) in [7, 11) is 0. The highest BCUT2D eigenvalue weighted by atomic mass is 35.5. The molecule has 2 aromatic heterocycles. The van der Waals surface area contributed by atoms with Gasteiger partial charge in [0.1, 0.15) is 22.7 Å². The number of thiazole rings is 1. The van der Waals surface area contributed by atoms with Gasteiger partial charge in [0, 0.05) is 28.6 Å². The van der Waals surface area contributed by atoms with Gasteiger partial charge >= 0.3 is 0 Å². The van der Waals surface area contributed by atoms with Gasteiger partial charge in [-0.1, -0.05) is 11.6 Å². The van der Waals surface area contributed by atoms with E-state index in [0.717, 1.165) is 28.1 Å². The summed E-state index contributed by atoms with van der Waals surface area (Å²) in [5.41, 5.74) is 1.61. The Hall–Kier alpha value is -2.55. The Morgan fingerprint density at radius 2 is 2.16 bits per heavy atom. The molecular formula is C22H21ClFN3O3S. The number of hydrogen-bond donors (Lipinski definition) is 1. The van der Waals surface area contributed by atoms with Crippen LogP contribution in [0.3, 0.4) is 0 Å². The fraction of sp³-hybridized carbons (Fsp3) is 0.318. The summed E-state index contributed by atoms with van der Waals surface area (Å²) < 4.78 is 24.7. The van der Waals surface area contributed by atoms with Crippen LogP contribution in [0.4, 0.5) is 4.39 Å². The molecular weight excluding hydrogens is 441 g/mol. The predicted octanol–water partition coefficient (Wildman–Crippen LogP) is 4.96. The third kappa shape index (κ3) is 5.20. The predicted molar refractivity (Wildman–Crippen MR) is 117 cm³/mol. The van der Waals surface area contributed by atoms with E-state index >= 15 is 0 Å². The van der Waals surface area contributed by atoms with E-state index in [9.17, 15) is 9.18 Å². The third-order valence-corrected chi connectivity index (χ3v) is 6.09. The zero-order valence-corrected chi connectivity index (χ0v) is 18.6. The number of halogens is 2. The number of aryl methyl sites for hydroxylation is 1. The van der Waals surface area contributed by atoms with Crippen LogP contribution in [0.2, 0.25) is 5.02 Å². The Bertz CT molecular complexity index is 1100. The molecule has 1 unspecified atom stereocenters. The van der Waals surface area contributed by atoms with Crippen LogP contribution >= 0.6 is 22.9 Å². The summed E-state index contributed by atoms with van der Waals surface area (Å²) in [6, 6.07) is 6.02. The average Bonchev–Trinajstić information content (AvgIpc) is 3.39. The van der Waals surface area contributed by atoms with E-state index in [-0.39, 0.29) is 17.0 Å². The van der Waals surface area contributed by atoms with Gasteiger partial charge in [0.05, 0.1) is 36.2 Å². The van der Waals surface area contributed by atoms with E-state index < -0.39 is 11.9 Å². The lowest BCUT2D eigenvalue weighted by molar-refractivity contribution is 0.0938. The van der Waals surface area contributed by atoms with Crippen molar-refractivity contribution in [3.05, 3.63) is 63.6 Å². The minimum Gasteiger partial charge on any atom is -0.488 e. The van der Waals surface area contributed by atoms with Crippen molar-refractivity contribution in [1.82, 2.24) is 15.3 Å². The number of amides is 1. The van der Waals surface area contributed by atoms with Crippen LogP contribution in [0, 0.1) is 12.7 Å². The largest absolute Gasteiger partial charge is 0.488 e. The number of carbonyl (C=O) groups is 1. The molecule has 1 aliphatic heterocycles. The number of carbonyl (C=O) groups excluding carboxylic acids is 1. The van der Waals surface area contributed by atoms with Crippen molar-refractivity contribution >= 4 is 28.8 Å². The van der Waals surface area contributed by atoms with Crippen LogP contribution in [0.1, 0.15) is 40.3 Å². The normalized spacial score (nSPS) is 16.8. The molecule has 0 saturated carbocycles. The van der Waals surface area contributed by atoms with Gasteiger partial charge in [-0.3, -0.25) is 9.78 Å². The molecule has 4 rings (SSSR count). The molecule has 0 spiro atoms. The van der Waals surface area contributed by atoms with E-state index in [1.807, 2.05) is 13.0 Å². The van der Waals surface area contributed by atoms with Crippen molar-refractivity contribution in [1.29, 1.82) is 0 Å². The van der Waals surface area contributed by atoms with E-state index in [1.165, 1.54) is 6.07 Å². The Balaban J connectivity index is 1.61. The maximum absolute atomic E-state index is 13.3. The fourth-order valence-electron chi connectivity index (χ4n) is 3.30. The molecule has 0 bridgehead atoms. The van der Waals surface area contributed by atoms with E-state index in [0.29, 0.717) is 30.2 Å². The number of pyridine rings is 1. The minimum atomic E-state index is -0.531. The monoisotopic (exact) mass is 461 g/mol. The van der Waals surface area contributed by atoms with Gasteiger partial charge in [-0.25, -0.2) is 9.37 Å². The van der Waals surface area contributed by atoms with Crippen molar-refractivity contribution in [2.24, 2.45) is 0 Å². The highest BCUT2D eigenvalue weighted by molar-refractivity contribution is 7.14. The molecule has 1 aromatic carbocycles. The molecule has 1 saturated heterocycles. The van der Waals surface area contributed by atoms with Crippen molar-refractivity contribution < 1.29 is 18.7 Å². The van der Waals surface area contributed by atoms with Gasteiger partial charge in [0.15, 0.2) is 0 Å². The quantitative estimate of drug-likeness (QED) is 0.561. The first-order valence-electron chi connectivity index (χ1n) is 9.83. The third-order valence-electron chi connectivity index (χ3n) is 4.82. The Morgan fingerprint density at radius 1 is 1.32 bits per heavy atom. The molecule has 3 heterocycles. The van der Waals surface area contributed by atoms with E-state index in [1.54, 1.807) is 36.6 Å². The summed E-state index contributed by atoms with van der Waals surface area (Å²) >= 11 is 7.63. The summed E-state index contributed by atoms with van der Waals surface area (Å²) in [5.74, 6) is -0.273. The first kappa shape index (κ1) is 21.7. The molecule has 9 heteroatoms. The van der Waals surface area contributed by atoms with Gasteiger partial charge in [-0.05, 0) is 38.1 Å². The number of rotatable bonds is 6. The van der Waals surface area contributed by atoms with Crippen molar-refractivity contribution in [3.63, 3.8) is 0 Å². The molecule has 3 aromatic rings. The smallest absolute Gasteiger partial charge is 0.251 e. The summed E-state index contributed by atoms with van der Waals surface area (Å²) in [5, 5.41) is 3.83. The maximum atomic E-state index is 13.3. The van der Waals surface area contributed by atoms with Crippen LogP contribution in [-0.4, -0.2) is 35.2 Å². The highest BCUT2D eigenvalue weighted by Gasteiger charge is 2.21. The van der Waals surface area contributed by atoms with Gasteiger partial charge in [-0.2, -0.15) is 0 Å². The molecule has 1 amide bonds. The SMILES string of the molecule is Cc1cnc(-c2cc(O[C@H]3CCOC3)cc(C(=O)NC(C)c3ncc(F)cc3Cl)c2)s1. The van der Waals surface area contributed by atoms with Crippen LogP contribution in [0.15, 0.2) is 36.7 Å². The molecule has 1 N–H and O–H groups in total. The first-order valence-corrected chi connectivity index (χ1v) is 11.0. The molecule has 2 atom stereocenters. The second-order valence-corrected chi connectivity index (χ2v) is 8.98. The number of benzene rings is 1. The molecule has 6 nitrogen and oxygen atoms in total.